The van der Waals surface area contributed by atoms with E-state index in [4.69, 9.17) is 9.15 Å². The second-order valence-electron chi connectivity index (χ2n) is 7.38. The lowest BCUT2D eigenvalue weighted by Gasteiger charge is -2.16. The summed E-state index contributed by atoms with van der Waals surface area (Å²) in [6, 6.07) is 20.6. The lowest BCUT2D eigenvalue weighted by Crippen LogP contribution is -2.83. The van der Waals surface area contributed by atoms with Gasteiger partial charge in [0.1, 0.15) is 23.9 Å². The van der Waals surface area contributed by atoms with Crippen LogP contribution in [0.2, 0.25) is 0 Å². The molecule has 2 heterocycles. The van der Waals surface area contributed by atoms with Crippen LogP contribution in [0.25, 0.3) is 11.0 Å². The van der Waals surface area contributed by atoms with Gasteiger partial charge in [0.2, 0.25) is 0 Å². The molecule has 0 saturated heterocycles. The van der Waals surface area contributed by atoms with Crippen LogP contribution in [0.1, 0.15) is 41.0 Å². The molecule has 0 aliphatic rings. The first kappa shape index (κ1) is 20.4. The Morgan fingerprint density at radius 2 is 1.93 bits per heavy atom. The zero-order valence-corrected chi connectivity index (χ0v) is 18.1. The molecule has 4 rings (SSSR count). The number of hydrogen-bond acceptors (Lipinski definition) is 4. The Bertz CT molecular complexity index is 1160. The number of fused-ring (bicyclic) bond motifs is 1. The maximum absolute atomic E-state index is 12.1. The van der Waals surface area contributed by atoms with Crippen molar-refractivity contribution in [2.45, 2.75) is 32.4 Å². The van der Waals surface area contributed by atoms with E-state index in [1.165, 1.54) is 16.0 Å². The van der Waals surface area contributed by atoms with E-state index in [0.717, 1.165) is 23.8 Å². The normalized spacial score (nSPS) is 12.2. The minimum atomic E-state index is -0.337. The van der Waals surface area contributed by atoms with Crippen molar-refractivity contribution in [1.29, 1.82) is 0 Å². The van der Waals surface area contributed by atoms with Crippen molar-refractivity contribution >= 4 is 22.3 Å². The highest BCUT2D eigenvalue weighted by atomic mass is 32.1. The highest BCUT2D eigenvalue weighted by molar-refractivity contribution is 7.10. The van der Waals surface area contributed by atoms with Crippen molar-refractivity contribution in [1.82, 2.24) is 0 Å². The summed E-state index contributed by atoms with van der Waals surface area (Å²) in [7, 11) is 1.61. The number of quaternary nitrogens is 1. The summed E-state index contributed by atoms with van der Waals surface area (Å²) in [4.78, 5) is 13.4. The molecule has 0 unspecified atom stereocenters. The van der Waals surface area contributed by atoms with Crippen molar-refractivity contribution < 1.29 is 14.5 Å². The van der Waals surface area contributed by atoms with Gasteiger partial charge in [0, 0.05) is 28.6 Å². The van der Waals surface area contributed by atoms with Crippen LogP contribution in [-0.4, -0.2) is 7.11 Å². The molecular formula is C25H26NO3S+. The number of benzene rings is 2. The van der Waals surface area contributed by atoms with Crippen LogP contribution in [0, 0.1) is 0 Å². The Morgan fingerprint density at radius 3 is 2.63 bits per heavy atom. The molecule has 5 heteroatoms. The van der Waals surface area contributed by atoms with E-state index in [0.29, 0.717) is 17.9 Å². The number of thiophene rings is 1. The van der Waals surface area contributed by atoms with Crippen LogP contribution >= 0.6 is 11.3 Å². The van der Waals surface area contributed by atoms with Crippen molar-refractivity contribution in [3.8, 4) is 5.75 Å². The number of nitrogens with two attached hydrogens (primary N) is 1. The average Bonchev–Trinajstić information content (AvgIpc) is 3.29. The van der Waals surface area contributed by atoms with Crippen LogP contribution in [0.5, 0.6) is 5.75 Å². The van der Waals surface area contributed by atoms with E-state index in [-0.39, 0.29) is 11.7 Å². The van der Waals surface area contributed by atoms with Gasteiger partial charge in [-0.15, -0.1) is 11.3 Å². The summed E-state index contributed by atoms with van der Waals surface area (Å²) >= 11 is 1.76. The molecule has 2 N–H and O–H groups in total. The van der Waals surface area contributed by atoms with Crippen LogP contribution < -0.4 is 15.7 Å². The molecular weight excluding hydrogens is 394 g/mol. The lowest BCUT2D eigenvalue weighted by molar-refractivity contribution is -0.701. The smallest absolute Gasteiger partial charge is 0.336 e. The highest BCUT2D eigenvalue weighted by Gasteiger charge is 2.20. The molecule has 0 amide bonds. The molecule has 30 heavy (non-hydrogen) atoms. The Morgan fingerprint density at radius 1 is 1.10 bits per heavy atom. The zero-order valence-electron chi connectivity index (χ0n) is 17.3. The number of rotatable bonds is 8. The summed E-state index contributed by atoms with van der Waals surface area (Å²) in [6.45, 7) is 2.88. The van der Waals surface area contributed by atoms with Gasteiger partial charge in [0.15, 0.2) is 0 Å². The lowest BCUT2D eigenvalue weighted by atomic mass is 10.0. The van der Waals surface area contributed by atoms with Crippen molar-refractivity contribution in [3.05, 3.63) is 98.0 Å². The third-order valence-corrected chi connectivity index (χ3v) is 6.29. The van der Waals surface area contributed by atoms with Gasteiger partial charge in [-0.1, -0.05) is 43.7 Å². The summed E-state index contributed by atoms with van der Waals surface area (Å²) in [5, 5.41) is 5.34. The topological polar surface area (TPSA) is 56.0 Å². The second kappa shape index (κ2) is 9.28. The molecule has 1 atom stereocenters. The highest BCUT2D eigenvalue weighted by Crippen LogP contribution is 2.25. The molecule has 2 aromatic heterocycles. The third-order valence-electron chi connectivity index (χ3n) is 5.34. The average molecular weight is 421 g/mol. The first-order valence-corrected chi connectivity index (χ1v) is 11.1. The summed E-state index contributed by atoms with van der Waals surface area (Å²) in [5.41, 5.74) is 3.82. The molecule has 0 fully saturated rings. The maximum atomic E-state index is 12.1. The van der Waals surface area contributed by atoms with Crippen LogP contribution in [0.4, 0.5) is 0 Å². The number of methoxy groups -OCH3 is 1. The Labute approximate surface area is 180 Å². The van der Waals surface area contributed by atoms with E-state index in [2.05, 4.69) is 54.0 Å². The second-order valence-corrected chi connectivity index (χ2v) is 8.36. The molecule has 154 valence electrons. The van der Waals surface area contributed by atoms with E-state index >= 15 is 0 Å². The quantitative estimate of drug-likeness (QED) is 0.422. The third kappa shape index (κ3) is 4.48. The van der Waals surface area contributed by atoms with Crippen LogP contribution in [0.15, 0.2) is 75.3 Å². The predicted octanol–water partition coefficient (Wildman–Crippen LogP) is 4.67. The molecule has 0 radical (unpaired) electrons. The van der Waals surface area contributed by atoms with E-state index < -0.39 is 0 Å². The van der Waals surface area contributed by atoms with E-state index in [1.807, 2.05) is 12.1 Å². The number of aryl methyl sites for hydroxylation is 1. The Balaban J connectivity index is 1.64. The fourth-order valence-electron chi connectivity index (χ4n) is 3.82. The fourth-order valence-corrected chi connectivity index (χ4v) is 4.67. The minimum absolute atomic E-state index is 0.182. The minimum Gasteiger partial charge on any atom is -0.497 e. The molecule has 0 bridgehead atoms. The summed E-state index contributed by atoms with van der Waals surface area (Å²) in [5.74, 6) is 0.676. The standard InChI is InChI=1S/C25H25NO3S/c1-3-5-17-7-9-18(10-8-17)25(23-6-4-13-30-23)26-16-19-14-24(27)29-22-15-20(28-2)11-12-21(19)22/h4,6-15,25-26H,3,5,16H2,1-2H3/p+1/t25-/m0/s1. The van der Waals surface area contributed by atoms with Crippen molar-refractivity contribution in [2.75, 3.05) is 7.11 Å². The molecule has 0 saturated carbocycles. The van der Waals surface area contributed by atoms with Gasteiger partial charge in [-0.2, -0.15) is 0 Å². The fraction of sp³-hybridized carbons (Fsp3) is 0.240. The zero-order chi connectivity index (χ0) is 20.9. The number of hydrogen-bond donors (Lipinski definition) is 1. The first-order chi connectivity index (χ1) is 14.7. The first-order valence-electron chi connectivity index (χ1n) is 10.2. The van der Waals surface area contributed by atoms with Gasteiger partial charge < -0.3 is 14.5 Å². The van der Waals surface area contributed by atoms with E-state index in [9.17, 15) is 4.79 Å². The van der Waals surface area contributed by atoms with Gasteiger partial charge in [-0.25, -0.2) is 4.79 Å². The maximum Gasteiger partial charge on any atom is 0.336 e. The van der Waals surface area contributed by atoms with Crippen LogP contribution in [0.3, 0.4) is 0 Å². The summed E-state index contributed by atoms with van der Waals surface area (Å²) < 4.78 is 10.7. The summed E-state index contributed by atoms with van der Waals surface area (Å²) in [6.07, 6.45) is 2.25. The van der Waals surface area contributed by atoms with Crippen molar-refractivity contribution in [2.24, 2.45) is 0 Å². The molecule has 0 aliphatic carbocycles. The molecule has 0 spiro atoms. The van der Waals surface area contributed by atoms with Crippen LogP contribution in [-0.2, 0) is 13.0 Å². The van der Waals surface area contributed by atoms with E-state index in [1.54, 1.807) is 30.6 Å². The monoisotopic (exact) mass is 420 g/mol. The van der Waals surface area contributed by atoms with Gasteiger partial charge in [0.05, 0.1) is 12.0 Å². The Kier molecular flexibility index (Phi) is 6.31. The van der Waals surface area contributed by atoms with Gasteiger partial charge >= 0.3 is 5.63 Å². The largest absolute Gasteiger partial charge is 0.497 e. The van der Waals surface area contributed by atoms with Gasteiger partial charge in [-0.3, -0.25) is 0 Å². The SMILES string of the molecule is CCCc1ccc([C@H]([NH2+]Cc2cc(=O)oc3cc(OC)ccc23)c2cccs2)cc1. The van der Waals surface area contributed by atoms with Crippen molar-refractivity contribution in [3.63, 3.8) is 0 Å². The Hall–Kier alpha value is -2.89. The molecule has 2 aromatic carbocycles. The number of ether oxygens (including phenoxy) is 1. The molecule has 4 aromatic rings. The molecule has 4 nitrogen and oxygen atoms in total. The van der Waals surface area contributed by atoms with Gasteiger partial charge in [0.25, 0.3) is 0 Å². The van der Waals surface area contributed by atoms with Gasteiger partial charge in [-0.05, 0) is 35.6 Å². The predicted molar refractivity (Wildman–Crippen MR) is 121 cm³/mol. The molecule has 0 aliphatic heterocycles.